The molecule has 20 heavy (non-hydrogen) atoms. The molecule has 0 unspecified atom stereocenters. The first-order valence-corrected chi connectivity index (χ1v) is 5.66. The lowest BCUT2D eigenvalue weighted by Gasteiger charge is -2.08. The molecule has 0 N–H and O–H groups in total. The molecule has 0 aliphatic heterocycles. The number of isocyanates is 1. The number of nitrogens with zero attached hydrogens (tertiary/aromatic N) is 3. The molecule has 0 spiro atoms. The molecule has 2 aromatic rings. The van der Waals surface area contributed by atoms with E-state index in [1.165, 1.54) is 29.1 Å². The third-order valence-electron chi connectivity index (χ3n) is 2.86. The Bertz CT molecular complexity index is 652. The molecule has 0 aliphatic carbocycles. The molecule has 0 bridgehead atoms. The highest BCUT2D eigenvalue weighted by atomic mass is 19.4. The largest absolute Gasteiger partial charge is 0.416 e. The maximum atomic E-state index is 12.5. The third-order valence-corrected chi connectivity index (χ3v) is 2.86. The van der Waals surface area contributed by atoms with Crippen molar-refractivity contribution in [1.82, 2.24) is 9.78 Å². The van der Waals surface area contributed by atoms with Gasteiger partial charge in [-0.15, -0.1) is 0 Å². The monoisotopic (exact) mass is 281 g/mol. The van der Waals surface area contributed by atoms with E-state index >= 15 is 0 Å². The van der Waals surface area contributed by atoms with Crippen molar-refractivity contribution in [2.45, 2.75) is 12.6 Å². The Morgan fingerprint density at radius 3 is 2.50 bits per heavy atom. The Labute approximate surface area is 112 Å². The molecule has 0 saturated heterocycles. The Morgan fingerprint density at radius 2 is 1.95 bits per heavy atom. The lowest BCUT2D eigenvalue weighted by Crippen LogP contribution is -2.05. The number of aromatic nitrogens is 2. The van der Waals surface area contributed by atoms with Gasteiger partial charge in [-0.1, -0.05) is 12.1 Å². The zero-order valence-electron chi connectivity index (χ0n) is 10.5. The molecule has 1 heterocycles. The van der Waals surface area contributed by atoms with Crippen molar-refractivity contribution in [3.8, 4) is 0 Å². The molecule has 0 amide bonds. The molecule has 0 saturated carbocycles. The van der Waals surface area contributed by atoms with E-state index in [0.29, 0.717) is 23.4 Å². The molecule has 104 valence electrons. The molecule has 4 nitrogen and oxygen atoms in total. The fraction of sp³-hybridized carbons (Fsp3) is 0.231. The lowest BCUT2D eigenvalue weighted by molar-refractivity contribution is -0.137. The summed E-state index contributed by atoms with van der Waals surface area (Å²) in [5.41, 5.74) is 0.969. The summed E-state index contributed by atoms with van der Waals surface area (Å²) in [7, 11) is 1.67. The summed E-state index contributed by atoms with van der Waals surface area (Å²) in [6, 6.07) is 4.83. The van der Waals surface area contributed by atoms with Crippen molar-refractivity contribution in [2.24, 2.45) is 12.0 Å². The van der Waals surface area contributed by atoms with Gasteiger partial charge in [0.2, 0.25) is 6.08 Å². The number of hydrogen-bond donors (Lipinski definition) is 0. The Hall–Kier alpha value is -2.40. The average Bonchev–Trinajstić information content (AvgIpc) is 2.72. The van der Waals surface area contributed by atoms with Crippen LogP contribution in [0.3, 0.4) is 0 Å². The minimum Gasteiger partial charge on any atom is -0.270 e. The van der Waals surface area contributed by atoms with Crippen LogP contribution in [0.25, 0.3) is 0 Å². The summed E-state index contributed by atoms with van der Waals surface area (Å²) >= 11 is 0. The van der Waals surface area contributed by atoms with Crippen molar-refractivity contribution in [3.05, 3.63) is 47.3 Å². The Balaban J connectivity index is 2.27. The normalized spacial score (nSPS) is 11.2. The zero-order chi connectivity index (χ0) is 14.8. The van der Waals surface area contributed by atoms with Crippen LogP contribution in [0, 0.1) is 0 Å². The molecule has 0 radical (unpaired) electrons. The van der Waals surface area contributed by atoms with E-state index in [-0.39, 0.29) is 0 Å². The number of benzene rings is 1. The summed E-state index contributed by atoms with van der Waals surface area (Å²) in [6.45, 7) is 0. The average molecular weight is 281 g/mol. The van der Waals surface area contributed by atoms with Gasteiger partial charge in [0.05, 0.1) is 17.5 Å². The van der Waals surface area contributed by atoms with E-state index in [2.05, 4.69) is 10.1 Å². The van der Waals surface area contributed by atoms with Crippen LogP contribution in [0.5, 0.6) is 0 Å². The van der Waals surface area contributed by atoms with Gasteiger partial charge in [-0.3, -0.25) is 4.68 Å². The topological polar surface area (TPSA) is 47.2 Å². The van der Waals surface area contributed by atoms with Crippen molar-refractivity contribution in [1.29, 1.82) is 0 Å². The second-order valence-electron chi connectivity index (χ2n) is 4.17. The summed E-state index contributed by atoms with van der Waals surface area (Å²) in [4.78, 5) is 13.8. The first-order chi connectivity index (χ1) is 9.41. The van der Waals surface area contributed by atoms with Crippen molar-refractivity contribution >= 4 is 11.8 Å². The second-order valence-corrected chi connectivity index (χ2v) is 4.17. The smallest absolute Gasteiger partial charge is 0.270 e. The molecule has 7 heteroatoms. The number of aryl methyl sites for hydroxylation is 1. The Kier molecular flexibility index (Phi) is 3.72. The van der Waals surface area contributed by atoms with Crippen molar-refractivity contribution < 1.29 is 18.0 Å². The molecule has 0 atom stereocenters. The second kappa shape index (κ2) is 5.30. The van der Waals surface area contributed by atoms with Crippen molar-refractivity contribution in [3.63, 3.8) is 0 Å². The van der Waals surface area contributed by atoms with E-state index in [1.54, 1.807) is 7.05 Å². The fourth-order valence-corrected chi connectivity index (χ4v) is 1.80. The van der Waals surface area contributed by atoms with E-state index in [9.17, 15) is 18.0 Å². The van der Waals surface area contributed by atoms with Crippen LogP contribution in [0.15, 0.2) is 35.5 Å². The van der Waals surface area contributed by atoms with E-state index in [1.807, 2.05) is 0 Å². The summed E-state index contributed by atoms with van der Waals surface area (Å²) in [5.74, 6) is 0. The minimum absolute atomic E-state index is 0.329. The maximum absolute atomic E-state index is 12.5. The van der Waals surface area contributed by atoms with Crippen LogP contribution in [0.2, 0.25) is 0 Å². The highest BCUT2D eigenvalue weighted by Crippen LogP contribution is 2.29. The molecule has 0 aliphatic rings. The number of rotatable bonds is 3. The van der Waals surface area contributed by atoms with Gasteiger partial charge in [0.15, 0.2) is 0 Å². The molecular weight excluding hydrogens is 271 g/mol. The maximum Gasteiger partial charge on any atom is 0.416 e. The first kappa shape index (κ1) is 14.0. The Morgan fingerprint density at radius 1 is 1.30 bits per heavy atom. The number of alkyl halides is 3. The quantitative estimate of drug-likeness (QED) is 0.641. The van der Waals surface area contributed by atoms with Gasteiger partial charge in [0, 0.05) is 13.5 Å². The predicted molar refractivity (Wildman–Crippen MR) is 65.2 cm³/mol. The van der Waals surface area contributed by atoms with Gasteiger partial charge < -0.3 is 0 Å². The van der Waals surface area contributed by atoms with Gasteiger partial charge in [-0.25, -0.2) is 4.79 Å². The van der Waals surface area contributed by atoms with Crippen LogP contribution in [-0.4, -0.2) is 15.9 Å². The van der Waals surface area contributed by atoms with Gasteiger partial charge in [-0.2, -0.15) is 23.3 Å². The van der Waals surface area contributed by atoms with E-state index in [0.717, 1.165) is 12.1 Å². The molecule has 1 aromatic heterocycles. The SMILES string of the molecule is Cn1ncc(N=C=O)c1Cc1ccc(C(F)(F)F)cc1. The lowest BCUT2D eigenvalue weighted by atomic mass is 10.1. The zero-order valence-corrected chi connectivity index (χ0v) is 10.5. The van der Waals surface area contributed by atoms with Gasteiger partial charge in [0.25, 0.3) is 0 Å². The number of hydrogen-bond acceptors (Lipinski definition) is 3. The summed E-state index contributed by atoms with van der Waals surface area (Å²) < 4.78 is 38.9. The number of halogens is 3. The summed E-state index contributed by atoms with van der Waals surface area (Å²) in [6.07, 6.45) is -1.19. The van der Waals surface area contributed by atoms with E-state index in [4.69, 9.17) is 0 Å². The molecule has 0 fully saturated rings. The van der Waals surface area contributed by atoms with Gasteiger partial charge in [-0.05, 0) is 17.7 Å². The van der Waals surface area contributed by atoms with Crippen LogP contribution < -0.4 is 0 Å². The first-order valence-electron chi connectivity index (χ1n) is 5.66. The highest BCUT2D eigenvalue weighted by molar-refractivity contribution is 5.51. The number of carbonyl (C=O) groups excluding carboxylic acids is 1. The standard InChI is InChI=1S/C13H10F3N3O/c1-19-12(11(7-18-19)17-8-20)6-9-2-4-10(5-3-9)13(14,15)16/h2-5,7H,6H2,1H3. The predicted octanol–water partition coefficient (Wildman–Crippen LogP) is 3.00. The van der Waals surface area contributed by atoms with Crippen LogP contribution >= 0.6 is 0 Å². The molecule has 1 aromatic carbocycles. The minimum atomic E-state index is -4.35. The van der Waals surface area contributed by atoms with Crippen LogP contribution in [0.1, 0.15) is 16.8 Å². The van der Waals surface area contributed by atoms with Crippen LogP contribution in [0.4, 0.5) is 18.9 Å². The third kappa shape index (κ3) is 2.95. The molecule has 2 rings (SSSR count). The van der Waals surface area contributed by atoms with Crippen molar-refractivity contribution in [2.75, 3.05) is 0 Å². The van der Waals surface area contributed by atoms with Gasteiger partial charge in [0.1, 0.15) is 5.69 Å². The highest BCUT2D eigenvalue weighted by Gasteiger charge is 2.29. The fourth-order valence-electron chi connectivity index (χ4n) is 1.80. The molecular formula is C13H10F3N3O. The van der Waals surface area contributed by atoms with E-state index < -0.39 is 11.7 Å². The van der Waals surface area contributed by atoms with Gasteiger partial charge >= 0.3 is 6.18 Å². The summed E-state index contributed by atoms with van der Waals surface area (Å²) in [5, 5.41) is 3.95. The number of aliphatic imine (C=N–C) groups is 1. The van der Waals surface area contributed by atoms with Crippen LogP contribution in [-0.2, 0) is 24.4 Å².